The van der Waals surface area contributed by atoms with Gasteiger partial charge in [0, 0.05) is 19.3 Å². The largest absolute Gasteiger partial charge is 0.416 e. The normalized spacial score (nSPS) is 27.0. The SMILES string of the molecule is N[C@@]12C[C@H](c3ccccc3C(F)(F)F)C[C@]1(N)CN(C(=O)c1nnc3cc(C(F)(F)F)ccn13)C2. The van der Waals surface area contributed by atoms with Gasteiger partial charge < -0.3 is 16.4 Å². The van der Waals surface area contributed by atoms with Gasteiger partial charge in [0.1, 0.15) is 0 Å². The molecule has 1 aliphatic carbocycles. The van der Waals surface area contributed by atoms with Crippen LogP contribution >= 0.6 is 0 Å². The summed E-state index contributed by atoms with van der Waals surface area (Å²) in [6.07, 6.45) is -7.78. The Morgan fingerprint density at radius 3 is 2.17 bits per heavy atom. The number of rotatable bonds is 2. The number of amides is 1. The summed E-state index contributed by atoms with van der Waals surface area (Å²) < 4.78 is 80.6. The molecule has 2 fully saturated rings. The van der Waals surface area contributed by atoms with Gasteiger partial charge in [0.25, 0.3) is 5.91 Å². The first kappa shape index (κ1) is 23.5. The van der Waals surface area contributed by atoms with Gasteiger partial charge in [-0.1, -0.05) is 18.2 Å². The third-order valence-electron chi connectivity index (χ3n) is 7.08. The molecule has 3 aromatic rings. The second kappa shape index (κ2) is 7.40. The first-order chi connectivity index (χ1) is 16.2. The lowest BCUT2D eigenvalue weighted by Gasteiger charge is -2.31. The summed E-state index contributed by atoms with van der Waals surface area (Å²) in [7, 11) is 0. The molecule has 0 radical (unpaired) electrons. The Bertz CT molecular complexity index is 1300. The summed E-state index contributed by atoms with van der Waals surface area (Å²) >= 11 is 0. The van der Waals surface area contributed by atoms with Crippen LogP contribution < -0.4 is 11.5 Å². The second-order valence-corrected chi connectivity index (χ2v) is 9.33. The number of nitrogens with two attached hydrogens (primary N) is 2. The van der Waals surface area contributed by atoms with Crippen LogP contribution in [0.5, 0.6) is 0 Å². The topological polar surface area (TPSA) is 103 Å². The average molecular weight is 498 g/mol. The number of nitrogens with zero attached hydrogens (tertiary/aromatic N) is 4. The predicted octanol–water partition coefficient (Wildman–Crippen LogP) is 3.20. The highest BCUT2D eigenvalue weighted by atomic mass is 19.4. The molecule has 0 spiro atoms. The van der Waals surface area contributed by atoms with Crippen LogP contribution in [0.4, 0.5) is 26.3 Å². The standard InChI is InChI=1S/C22H20F6N6O/c23-21(24,25)13-5-6-34-16(7-13)31-32-17(34)18(35)33-10-19(29)8-12(9-20(19,30)11-33)14-3-1-2-4-15(14)22(26,27)28/h1-7,12H,8-11,29-30H2/t12-,19+,20-. The summed E-state index contributed by atoms with van der Waals surface area (Å²) in [6, 6.07) is 6.87. The number of fused-ring (bicyclic) bond motifs is 2. The summed E-state index contributed by atoms with van der Waals surface area (Å²) in [5, 5.41) is 7.42. The number of alkyl halides is 6. The first-order valence-corrected chi connectivity index (χ1v) is 10.7. The lowest BCUT2D eigenvalue weighted by Crippen LogP contribution is -2.61. The summed E-state index contributed by atoms with van der Waals surface area (Å²) in [4.78, 5) is 14.5. The number of likely N-dealkylation sites (tertiary alicyclic amines) is 1. The van der Waals surface area contributed by atoms with Crippen molar-refractivity contribution in [3.63, 3.8) is 0 Å². The van der Waals surface area contributed by atoms with E-state index in [4.69, 9.17) is 11.5 Å². The molecule has 1 amide bonds. The molecule has 13 heteroatoms. The Hall–Kier alpha value is -3.19. The van der Waals surface area contributed by atoms with Crippen LogP contribution in [0.2, 0.25) is 0 Å². The number of aromatic nitrogens is 3. The van der Waals surface area contributed by atoms with Gasteiger partial charge in [-0.15, -0.1) is 10.2 Å². The van der Waals surface area contributed by atoms with Crippen molar-refractivity contribution < 1.29 is 31.1 Å². The van der Waals surface area contributed by atoms with E-state index in [0.717, 1.165) is 28.8 Å². The van der Waals surface area contributed by atoms with Crippen LogP contribution in [0.3, 0.4) is 0 Å². The molecule has 1 aliphatic heterocycles. The van der Waals surface area contributed by atoms with Crippen LogP contribution in [0.25, 0.3) is 5.65 Å². The average Bonchev–Trinajstić information content (AvgIpc) is 3.37. The smallest absolute Gasteiger partial charge is 0.332 e. The molecule has 7 nitrogen and oxygen atoms in total. The van der Waals surface area contributed by atoms with Gasteiger partial charge in [-0.25, -0.2) is 0 Å². The summed E-state index contributed by atoms with van der Waals surface area (Å²) in [5.41, 5.74) is 9.14. The Morgan fingerprint density at radius 2 is 1.57 bits per heavy atom. The van der Waals surface area contributed by atoms with Crippen molar-refractivity contribution in [3.05, 3.63) is 65.1 Å². The number of benzene rings is 1. The Kier molecular flexibility index (Phi) is 4.98. The maximum Gasteiger partial charge on any atom is 0.416 e. The lowest BCUT2D eigenvalue weighted by atomic mass is 9.85. The van der Waals surface area contributed by atoms with E-state index in [1.807, 2.05) is 0 Å². The molecule has 2 aliphatic rings. The highest BCUT2D eigenvalue weighted by Gasteiger charge is 2.61. The zero-order chi connectivity index (χ0) is 25.4. The third kappa shape index (κ3) is 3.73. The van der Waals surface area contributed by atoms with Crippen molar-refractivity contribution in [1.82, 2.24) is 19.5 Å². The monoisotopic (exact) mass is 498 g/mol. The van der Waals surface area contributed by atoms with Crippen molar-refractivity contribution in [2.45, 2.75) is 42.2 Å². The van der Waals surface area contributed by atoms with Crippen molar-refractivity contribution >= 4 is 11.6 Å². The minimum Gasteiger partial charge on any atom is -0.332 e. The van der Waals surface area contributed by atoms with Gasteiger partial charge in [0.05, 0.1) is 22.2 Å². The van der Waals surface area contributed by atoms with Crippen molar-refractivity contribution in [2.75, 3.05) is 13.1 Å². The number of carbonyl (C=O) groups excluding carboxylic acids is 1. The minimum atomic E-state index is -4.58. The second-order valence-electron chi connectivity index (χ2n) is 9.33. The van der Waals surface area contributed by atoms with E-state index >= 15 is 0 Å². The number of hydrogen-bond donors (Lipinski definition) is 2. The van der Waals surface area contributed by atoms with Crippen molar-refractivity contribution in [2.24, 2.45) is 11.5 Å². The highest BCUT2D eigenvalue weighted by Crippen LogP contribution is 2.51. The quantitative estimate of drug-likeness (QED) is 0.529. The zero-order valence-corrected chi connectivity index (χ0v) is 18.1. The van der Waals surface area contributed by atoms with E-state index in [1.54, 1.807) is 0 Å². The first-order valence-electron chi connectivity index (χ1n) is 10.7. The van der Waals surface area contributed by atoms with Crippen LogP contribution in [0.15, 0.2) is 42.6 Å². The molecule has 1 aromatic carbocycles. The highest BCUT2D eigenvalue weighted by molar-refractivity contribution is 5.92. The van der Waals surface area contributed by atoms with Crippen LogP contribution in [-0.4, -0.2) is 49.6 Å². The fraction of sp³-hybridized carbons (Fsp3) is 0.409. The van der Waals surface area contributed by atoms with E-state index in [0.29, 0.717) is 0 Å². The van der Waals surface area contributed by atoms with E-state index in [-0.39, 0.29) is 43.0 Å². The zero-order valence-electron chi connectivity index (χ0n) is 18.1. The molecular formula is C22H20F6N6O. The van der Waals surface area contributed by atoms with Gasteiger partial charge in [-0.05, 0) is 42.5 Å². The predicted molar refractivity (Wildman–Crippen MR) is 111 cm³/mol. The molecule has 186 valence electrons. The number of halogens is 6. The summed E-state index contributed by atoms with van der Waals surface area (Å²) in [5.74, 6) is -1.39. The van der Waals surface area contributed by atoms with Crippen LogP contribution in [0, 0.1) is 0 Å². The molecule has 5 rings (SSSR count). The Morgan fingerprint density at radius 1 is 0.943 bits per heavy atom. The molecule has 2 aromatic heterocycles. The van der Waals surface area contributed by atoms with E-state index < -0.39 is 46.4 Å². The van der Waals surface area contributed by atoms with Crippen LogP contribution in [0.1, 0.15) is 46.1 Å². The third-order valence-corrected chi connectivity index (χ3v) is 7.08. The molecule has 1 saturated carbocycles. The van der Waals surface area contributed by atoms with Gasteiger partial charge >= 0.3 is 12.4 Å². The Balaban J connectivity index is 1.40. The number of hydrogen-bond acceptors (Lipinski definition) is 5. The summed E-state index contributed by atoms with van der Waals surface area (Å²) in [6.45, 7) is -0.0782. The Labute approximate surface area is 194 Å². The molecule has 4 N–H and O–H groups in total. The van der Waals surface area contributed by atoms with E-state index in [2.05, 4.69) is 10.2 Å². The lowest BCUT2D eigenvalue weighted by molar-refractivity contribution is -0.138. The molecule has 0 bridgehead atoms. The molecule has 0 unspecified atom stereocenters. The van der Waals surface area contributed by atoms with Gasteiger partial charge in [0.2, 0.25) is 5.82 Å². The molecular weight excluding hydrogens is 478 g/mol. The van der Waals surface area contributed by atoms with Crippen molar-refractivity contribution in [3.8, 4) is 0 Å². The fourth-order valence-electron chi connectivity index (χ4n) is 5.37. The maximum absolute atomic E-state index is 13.5. The van der Waals surface area contributed by atoms with Gasteiger partial charge in [-0.3, -0.25) is 9.20 Å². The minimum absolute atomic E-state index is 0.0391. The maximum atomic E-state index is 13.5. The number of carbonyl (C=O) groups is 1. The van der Waals surface area contributed by atoms with E-state index in [1.165, 1.54) is 23.1 Å². The van der Waals surface area contributed by atoms with Crippen LogP contribution in [-0.2, 0) is 12.4 Å². The molecule has 35 heavy (non-hydrogen) atoms. The van der Waals surface area contributed by atoms with Gasteiger partial charge in [-0.2, -0.15) is 26.3 Å². The fourth-order valence-corrected chi connectivity index (χ4v) is 5.37. The molecule has 3 atom stereocenters. The van der Waals surface area contributed by atoms with Gasteiger partial charge in [0.15, 0.2) is 5.65 Å². The number of pyridine rings is 1. The molecule has 3 heterocycles. The van der Waals surface area contributed by atoms with E-state index in [9.17, 15) is 31.1 Å². The molecule has 1 saturated heterocycles. The van der Waals surface area contributed by atoms with Crippen molar-refractivity contribution in [1.29, 1.82) is 0 Å².